The van der Waals surface area contributed by atoms with Gasteiger partial charge in [-0.05, 0) is 55.2 Å². The van der Waals surface area contributed by atoms with Crippen molar-refractivity contribution < 1.29 is 13.9 Å². The van der Waals surface area contributed by atoms with Gasteiger partial charge in [-0.3, -0.25) is 4.79 Å². The maximum Gasteiger partial charge on any atom is 0.328 e. The molecule has 1 saturated heterocycles. The van der Waals surface area contributed by atoms with Crippen LogP contribution < -0.4 is 15.0 Å². The van der Waals surface area contributed by atoms with Crippen molar-refractivity contribution in [2.24, 2.45) is 5.92 Å². The van der Waals surface area contributed by atoms with E-state index in [1.165, 1.54) is 6.07 Å². The second-order valence-corrected chi connectivity index (χ2v) is 7.33. The molecule has 1 aromatic heterocycles. The number of hydrogen-bond acceptors (Lipinski definition) is 7. The molecule has 0 aliphatic carbocycles. The van der Waals surface area contributed by atoms with Crippen molar-refractivity contribution in [2.75, 3.05) is 23.3 Å². The number of aldehydes is 1. The number of hydrogen-bond donors (Lipinski definition) is 1. The van der Waals surface area contributed by atoms with Gasteiger partial charge in [-0.2, -0.15) is 15.0 Å². The molecule has 7 nitrogen and oxygen atoms in total. The summed E-state index contributed by atoms with van der Waals surface area (Å²) in [5, 5.41) is 2.92. The summed E-state index contributed by atoms with van der Waals surface area (Å²) in [6.07, 6.45) is 2.97. The number of nitrogens with zero attached hydrogens (tertiary/aromatic N) is 4. The molecule has 30 heavy (non-hydrogen) atoms. The molecule has 0 radical (unpaired) electrons. The van der Waals surface area contributed by atoms with Crippen LogP contribution in [0.3, 0.4) is 0 Å². The maximum absolute atomic E-state index is 14.1. The molecule has 1 N–H and O–H groups in total. The predicted molar refractivity (Wildman–Crippen MR) is 112 cm³/mol. The van der Waals surface area contributed by atoms with Crippen LogP contribution in [0.4, 0.5) is 22.0 Å². The Morgan fingerprint density at radius 2 is 1.93 bits per heavy atom. The zero-order chi connectivity index (χ0) is 20.9. The number of carbonyl (C=O) groups is 1. The predicted octanol–water partition coefficient (Wildman–Crippen LogP) is 4.60. The summed E-state index contributed by atoms with van der Waals surface area (Å²) in [5.41, 5.74) is 0.811. The normalized spacial score (nSPS) is 16.2. The molecule has 0 saturated carbocycles. The SMILES string of the molecule is CC1CCCN(c2nc(Nc3ccccc3F)nc(Oc3ccc(C=O)cc3)n2)C1. The van der Waals surface area contributed by atoms with Gasteiger partial charge in [0.2, 0.25) is 11.9 Å². The first-order valence-electron chi connectivity index (χ1n) is 9.86. The zero-order valence-corrected chi connectivity index (χ0v) is 16.6. The van der Waals surface area contributed by atoms with Gasteiger partial charge in [0, 0.05) is 18.7 Å². The van der Waals surface area contributed by atoms with E-state index in [0.717, 1.165) is 32.2 Å². The number of nitrogens with one attached hydrogen (secondary N) is 1. The van der Waals surface area contributed by atoms with Gasteiger partial charge in [0.05, 0.1) is 5.69 Å². The molecule has 0 amide bonds. The molecular weight excluding hydrogens is 385 g/mol. The number of carbonyl (C=O) groups excluding carboxylic acids is 1. The maximum atomic E-state index is 14.1. The molecule has 1 atom stereocenters. The molecule has 1 aliphatic heterocycles. The Morgan fingerprint density at radius 3 is 2.67 bits per heavy atom. The van der Waals surface area contributed by atoms with E-state index in [4.69, 9.17) is 4.74 Å². The van der Waals surface area contributed by atoms with Crippen molar-refractivity contribution in [2.45, 2.75) is 19.8 Å². The van der Waals surface area contributed by atoms with Gasteiger partial charge in [0.1, 0.15) is 17.9 Å². The van der Waals surface area contributed by atoms with E-state index in [2.05, 4.69) is 32.1 Å². The molecule has 2 heterocycles. The molecule has 0 bridgehead atoms. The molecule has 1 aliphatic rings. The van der Waals surface area contributed by atoms with Crippen LogP contribution in [-0.2, 0) is 0 Å². The number of rotatable bonds is 6. The van der Waals surface area contributed by atoms with Gasteiger partial charge < -0.3 is 15.0 Å². The highest BCUT2D eigenvalue weighted by molar-refractivity contribution is 5.74. The average molecular weight is 407 g/mol. The first-order valence-corrected chi connectivity index (χ1v) is 9.86. The van der Waals surface area contributed by atoms with E-state index < -0.39 is 5.82 Å². The van der Waals surface area contributed by atoms with Crippen molar-refractivity contribution in [1.29, 1.82) is 0 Å². The van der Waals surface area contributed by atoms with Gasteiger partial charge in [-0.15, -0.1) is 0 Å². The molecule has 8 heteroatoms. The lowest BCUT2D eigenvalue weighted by Crippen LogP contribution is -2.35. The van der Waals surface area contributed by atoms with E-state index in [0.29, 0.717) is 23.2 Å². The number of ether oxygens (including phenoxy) is 1. The van der Waals surface area contributed by atoms with Crippen LogP contribution in [0.2, 0.25) is 0 Å². The van der Waals surface area contributed by atoms with Crippen molar-refractivity contribution in [1.82, 2.24) is 15.0 Å². The Labute approximate surface area is 174 Å². The van der Waals surface area contributed by atoms with Gasteiger partial charge in [0.25, 0.3) is 0 Å². The summed E-state index contributed by atoms with van der Waals surface area (Å²) in [6.45, 7) is 3.86. The first kappa shape index (κ1) is 19.8. The summed E-state index contributed by atoms with van der Waals surface area (Å²) in [7, 11) is 0. The molecule has 2 aromatic carbocycles. The van der Waals surface area contributed by atoms with Gasteiger partial charge >= 0.3 is 6.01 Å². The smallest absolute Gasteiger partial charge is 0.328 e. The van der Waals surface area contributed by atoms with Crippen LogP contribution in [0.25, 0.3) is 0 Å². The fourth-order valence-electron chi connectivity index (χ4n) is 3.36. The minimum absolute atomic E-state index is 0.0934. The lowest BCUT2D eigenvalue weighted by molar-refractivity contribution is 0.112. The fraction of sp³-hybridized carbons (Fsp3) is 0.273. The topological polar surface area (TPSA) is 80.2 Å². The average Bonchev–Trinajstić information content (AvgIpc) is 2.76. The number of aromatic nitrogens is 3. The summed E-state index contributed by atoms with van der Waals surface area (Å²) >= 11 is 0. The standard InChI is InChI=1S/C22H22FN5O2/c1-15-5-4-12-28(13-15)21-25-20(24-19-7-3-2-6-18(19)23)26-22(27-21)30-17-10-8-16(14-29)9-11-17/h2-3,6-11,14-15H,4-5,12-13H2,1H3,(H,24,25,26,27). The summed E-state index contributed by atoms with van der Waals surface area (Å²) in [4.78, 5) is 26.2. The van der Waals surface area contributed by atoms with Crippen molar-refractivity contribution in [3.05, 3.63) is 59.9 Å². The highest BCUT2D eigenvalue weighted by Crippen LogP contribution is 2.26. The number of benzene rings is 2. The zero-order valence-electron chi connectivity index (χ0n) is 16.6. The summed E-state index contributed by atoms with van der Waals surface area (Å²) in [5.74, 6) is 1.29. The van der Waals surface area contributed by atoms with E-state index in [1.54, 1.807) is 42.5 Å². The lowest BCUT2D eigenvalue weighted by atomic mass is 10.0. The number of piperidine rings is 1. The van der Waals surface area contributed by atoms with E-state index >= 15 is 0 Å². The Hall–Kier alpha value is -3.55. The van der Waals surface area contributed by atoms with Crippen LogP contribution in [-0.4, -0.2) is 34.3 Å². The van der Waals surface area contributed by atoms with Gasteiger partial charge in [-0.1, -0.05) is 19.1 Å². The van der Waals surface area contributed by atoms with Crippen LogP contribution in [0, 0.1) is 11.7 Å². The van der Waals surface area contributed by atoms with E-state index in [9.17, 15) is 9.18 Å². The van der Waals surface area contributed by atoms with E-state index in [-0.39, 0.29) is 17.6 Å². The van der Waals surface area contributed by atoms with E-state index in [1.807, 2.05) is 0 Å². The van der Waals surface area contributed by atoms with Crippen LogP contribution in [0.5, 0.6) is 11.8 Å². The largest absolute Gasteiger partial charge is 0.424 e. The Morgan fingerprint density at radius 1 is 1.13 bits per heavy atom. The Bertz CT molecular complexity index is 1030. The van der Waals surface area contributed by atoms with Crippen LogP contribution in [0.1, 0.15) is 30.1 Å². The molecule has 3 aromatic rings. The van der Waals surface area contributed by atoms with Crippen LogP contribution >= 0.6 is 0 Å². The third-order valence-corrected chi connectivity index (χ3v) is 4.89. The number of anilines is 3. The van der Waals surface area contributed by atoms with Crippen molar-refractivity contribution in [3.8, 4) is 11.8 Å². The summed E-state index contributed by atoms with van der Waals surface area (Å²) in [6, 6.07) is 13.0. The van der Waals surface area contributed by atoms with Crippen LogP contribution in [0.15, 0.2) is 48.5 Å². The van der Waals surface area contributed by atoms with Gasteiger partial charge in [-0.25, -0.2) is 4.39 Å². The number of para-hydroxylation sites is 1. The molecule has 4 rings (SSSR count). The van der Waals surface area contributed by atoms with Gasteiger partial charge in [0.15, 0.2) is 0 Å². The Kier molecular flexibility index (Phi) is 5.83. The molecule has 0 spiro atoms. The minimum Gasteiger partial charge on any atom is -0.424 e. The highest BCUT2D eigenvalue weighted by atomic mass is 19.1. The van der Waals surface area contributed by atoms with Crippen molar-refractivity contribution >= 4 is 23.9 Å². The second kappa shape index (κ2) is 8.86. The molecule has 154 valence electrons. The Balaban J connectivity index is 1.65. The quantitative estimate of drug-likeness (QED) is 0.598. The number of halogens is 1. The molecule has 1 unspecified atom stereocenters. The second-order valence-electron chi connectivity index (χ2n) is 7.33. The third kappa shape index (κ3) is 4.71. The lowest BCUT2D eigenvalue weighted by Gasteiger charge is -2.31. The highest BCUT2D eigenvalue weighted by Gasteiger charge is 2.21. The fourth-order valence-corrected chi connectivity index (χ4v) is 3.36. The first-order chi connectivity index (χ1) is 14.6. The minimum atomic E-state index is -0.405. The summed E-state index contributed by atoms with van der Waals surface area (Å²) < 4.78 is 19.9. The molecular formula is C22H22FN5O2. The third-order valence-electron chi connectivity index (χ3n) is 4.89. The monoisotopic (exact) mass is 407 g/mol. The van der Waals surface area contributed by atoms with Crippen molar-refractivity contribution in [3.63, 3.8) is 0 Å². The molecule has 1 fully saturated rings.